The standard InChI is InChI=1S/C4H4O4.Zn/c5-3(6)1-2-4(7)8;/h1-2H,(H,5,6)(H,7,8);/b2-1-;. The molecule has 46 valence electrons. The van der Waals surface area contributed by atoms with Crippen molar-refractivity contribution in [1.29, 1.82) is 0 Å². The topological polar surface area (TPSA) is 74.6 Å². The molecule has 0 heterocycles. The van der Waals surface area contributed by atoms with E-state index in [9.17, 15) is 9.59 Å². The Labute approximate surface area is 63.9 Å². The van der Waals surface area contributed by atoms with Crippen LogP contribution in [0.25, 0.3) is 0 Å². The molecule has 0 fully saturated rings. The first-order chi connectivity index (χ1) is 3.63. The van der Waals surface area contributed by atoms with Crippen molar-refractivity contribution in [1.82, 2.24) is 0 Å². The van der Waals surface area contributed by atoms with Gasteiger partial charge in [0.1, 0.15) is 0 Å². The van der Waals surface area contributed by atoms with Gasteiger partial charge in [-0.15, -0.1) is 0 Å². The van der Waals surface area contributed by atoms with E-state index < -0.39 is 11.9 Å². The molecule has 0 aromatic heterocycles. The summed E-state index contributed by atoms with van der Waals surface area (Å²) in [7, 11) is 0. The van der Waals surface area contributed by atoms with Crippen molar-refractivity contribution in [3.8, 4) is 0 Å². The van der Waals surface area contributed by atoms with E-state index in [1.54, 1.807) is 0 Å². The second-order valence-electron chi connectivity index (χ2n) is 1.01. The van der Waals surface area contributed by atoms with E-state index in [2.05, 4.69) is 0 Å². The predicted molar refractivity (Wildman–Crippen MR) is 24.4 cm³/mol. The number of rotatable bonds is 2. The van der Waals surface area contributed by atoms with Crippen LogP contribution in [-0.4, -0.2) is 22.2 Å². The van der Waals surface area contributed by atoms with Gasteiger partial charge in [-0.2, -0.15) is 0 Å². The Bertz CT molecular complexity index is 124. The van der Waals surface area contributed by atoms with Gasteiger partial charge in [-0.1, -0.05) is 0 Å². The van der Waals surface area contributed by atoms with Crippen molar-refractivity contribution >= 4 is 11.9 Å². The molecule has 4 nitrogen and oxygen atoms in total. The zero-order chi connectivity index (χ0) is 6.57. The quantitative estimate of drug-likeness (QED) is 0.453. The Morgan fingerprint density at radius 3 is 1.33 bits per heavy atom. The summed E-state index contributed by atoms with van der Waals surface area (Å²) in [5.41, 5.74) is 0. The Kier molecular flexibility index (Phi) is 6.74. The van der Waals surface area contributed by atoms with E-state index in [-0.39, 0.29) is 19.5 Å². The van der Waals surface area contributed by atoms with Crippen molar-refractivity contribution in [2.24, 2.45) is 0 Å². The molecule has 0 radical (unpaired) electrons. The maximum absolute atomic E-state index is 9.55. The largest absolute Gasteiger partial charge is 0.478 e. The Balaban J connectivity index is 0. The minimum atomic E-state index is -1.26. The summed E-state index contributed by atoms with van der Waals surface area (Å²) < 4.78 is 0. The third-order valence-electron chi connectivity index (χ3n) is 0.368. The molecule has 0 saturated heterocycles. The van der Waals surface area contributed by atoms with Gasteiger partial charge in [-0.05, 0) is 0 Å². The first kappa shape index (κ1) is 11.1. The van der Waals surface area contributed by atoms with Crippen LogP contribution in [0.4, 0.5) is 0 Å². The number of aliphatic carboxylic acids is 2. The van der Waals surface area contributed by atoms with Gasteiger partial charge < -0.3 is 10.2 Å². The molecule has 0 aromatic carbocycles. The van der Waals surface area contributed by atoms with E-state index in [1.165, 1.54) is 0 Å². The van der Waals surface area contributed by atoms with Gasteiger partial charge in [0, 0.05) is 31.6 Å². The van der Waals surface area contributed by atoms with Crippen LogP contribution in [0, 0.1) is 0 Å². The summed E-state index contributed by atoms with van der Waals surface area (Å²) >= 11 is 0. The Morgan fingerprint density at radius 2 is 1.22 bits per heavy atom. The fraction of sp³-hybridized carbons (Fsp3) is 0. The summed E-state index contributed by atoms with van der Waals surface area (Å²) in [6, 6.07) is 0. The maximum Gasteiger partial charge on any atom is 0.328 e. The first-order valence-corrected chi connectivity index (χ1v) is 1.77. The van der Waals surface area contributed by atoms with Gasteiger partial charge in [-0.3, -0.25) is 0 Å². The number of hydrogen-bond donors (Lipinski definition) is 2. The molecule has 0 aliphatic rings. The average molecular weight is 181 g/mol. The SMILES string of the molecule is O=C(O)/C=C\C(=O)O.[Zn]. The zero-order valence-corrected chi connectivity index (χ0v) is 7.54. The summed E-state index contributed by atoms with van der Waals surface area (Å²) in [4.78, 5) is 19.1. The first-order valence-electron chi connectivity index (χ1n) is 1.77. The second kappa shape index (κ2) is 5.44. The van der Waals surface area contributed by atoms with Crippen LogP contribution in [0.15, 0.2) is 12.2 Å². The summed E-state index contributed by atoms with van der Waals surface area (Å²) in [5.74, 6) is -2.51. The average Bonchev–Trinajstić information content (AvgIpc) is 1.61. The third kappa shape index (κ3) is 11.1. The van der Waals surface area contributed by atoms with Crippen molar-refractivity contribution in [2.45, 2.75) is 0 Å². The fourth-order valence-electron chi connectivity index (χ4n) is 0.143. The Hall–Kier alpha value is -0.697. The third-order valence-corrected chi connectivity index (χ3v) is 0.368. The molecule has 0 aromatic rings. The molecule has 0 atom stereocenters. The molecule has 0 amide bonds. The molecule has 0 bridgehead atoms. The van der Waals surface area contributed by atoms with Gasteiger partial charge in [0.05, 0.1) is 0 Å². The van der Waals surface area contributed by atoms with Crippen molar-refractivity contribution < 1.29 is 39.3 Å². The smallest absolute Gasteiger partial charge is 0.328 e. The van der Waals surface area contributed by atoms with Gasteiger partial charge in [0.25, 0.3) is 0 Å². The van der Waals surface area contributed by atoms with E-state index in [0.717, 1.165) is 0 Å². The molecule has 0 aliphatic carbocycles. The van der Waals surface area contributed by atoms with E-state index in [0.29, 0.717) is 12.2 Å². The molecule has 2 N–H and O–H groups in total. The number of carboxylic acids is 2. The van der Waals surface area contributed by atoms with Gasteiger partial charge in [-0.25, -0.2) is 9.59 Å². The van der Waals surface area contributed by atoms with Crippen LogP contribution in [0.3, 0.4) is 0 Å². The molecule has 0 rings (SSSR count). The Morgan fingerprint density at radius 1 is 1.00 bits per heavy atom. The fourth-order valence-corrected chi connectivity index (χ4v) is 0.143. The molecule has 0 unspecified atom stereocenters. The number of hydrogen-bond acceptors (Lipinski definition) is 2. The van der Waals surface area contributed by atoms with Crippen molar-refractivity contribution in [3.05, 3.63) is 12.2 Å². The van der Waals surface area contributed by atoms with Crippen LogP contribution in [0.2, 0.25) is 0 Å². The van der Waals surface area contributed by atoms with Crippen molar-refractivity contribution in [2.75, 3.05) is 0 Å². The maximum atomic E-state index is 9.55. The number of carbonyl (C=O) groups is 2. The molecule has 0 spiro atoms. The van der Waals surface area contributed by atoms with Gasteiger partial charge in [0.2, 0.25) is 0 Å². The molecule has 5 heteroatoms. The molecule has 9 heavy (non-hydrogen) atoms. The zero-order valence-electron chi connectivity index (χ0n) is 4.57. The summed E-state index contributed by atoms with van der Waals surface area (Å²) in [6.07, 6.45) is 1.12. The minimum absolute atomic E-state index is 0. The van der Waals surface area contributed by atoms with Gasteiger partial charge >= 0.3 is 11.9 Å². The van der Waals surface area contributed by atoms with E-state index in [4.69, 9.17) is 10.2 Å². The van der Waals surface area contributed by atoms with Gasteiger partial charge in [0.15, 0.2) is 0 Å². The number of carboxylic acid groups (broad SMARTS) is 2. The van der Waals surface area contributed by atoms with Crippen LogP contribution >= 0.6 is 0 Å². The molecule has 0 saturated carbocycles. The van der Waals surface area contributed by atoms with E-state index in [1.807, 2.05) is 0 Å². The van der Waals surface area contributed by atoms with Crippen LogP contribution in [0.5, 0.6) is 0 Å². The molecular weight excluding hydrogens is 177 g/mol. The van der Waals surface area contributed by atoms with E-state index >= 15 is 0 Å². The van der Waals surface area contributed by atoms with Crippen LogP contribution < -0.4 is 0 Å². The second-order valence-corrected chi connectivity index (χ2v) is 1.01. The van der Waals surface area contributed by atoms with Crippen LogP contribution in [-0.2, 0) is 29.1 Å². The summed E-state index contributed by atoms with van der Waals surface area (Å²) in [5, 5.41) is 15.6. The monoisotopic (exact) mass is 180 g/mol. The normalized spacial score (nSPS) is 8.44. The predicted octanol–water partition coefficient (Wildman–Crippen LogP) is -0.291. The summed E-state index contributed by atoms with van der Waals surface area (Å²) in [6.45, 7) is 0. The minimum Gasteiger partial charge on any atom is -0.478 e. The molecular formula is C4H4O4Zn. The molecule has 0 aliphatic heterocycles. The van der Waals surface area contributed by atoms with Crippen molar-refractivity contribution in [3.63, 3.8) is 0 Å². The van der Waals surface area contributed by atoms with Crippen LogP contribution in [0.1, 0.15) is 0 Å².